The third kappa shape index (κ3) is 4.45. The van der Waals surface area contributed by atoms with Crippen LogP contribution in [0, 0.1) is 0 Å². The minimum atomic E-state index is -0.553. The molecule has 1 rings (SSSR count). The highest BCUT2D eigenvalue weighted by atomic mass is 16.5. The first-order valence-electron chi connectivity index (χ1n) is 5.87. The molecule has 1 aromatic carbocycles. The summed E-state index contributed by atoms with van der Waals surface area (Å²) in [6.45, 7) is 6.44. The average molecular weight is 250 g/mol. The van der Waals surface area contributed by atoms with Crippen molar-refractivity contribution in [2.75, 3.05) is 13.2 Å². The van der Waals surface area contributed by atoms with Gasteiger partial charge in [0, 0.05) is 0 Å². The maximum Gasteiger partial charge on any atom is 0.427 e. The van der Waals surface area contributed by atoms with Crippen molar-refractivity contribution in [3.05, 3.63) is 29.8 Å². The highest BCUT2D eigenvalue weighted by Gasteiger charge is 2.01. The first-order chi connectivity index (χ1) is 8.67. The van der Waals surface area contributed by atoms with Gasteiger partial charge in [0.25, 0.3) is 0 Å². The van der Waals surface area contributed by atoms with Crippen LogP contribution in [0.3, 0.4) is 0 Å². The molecule has 98 valence electrons. The zero-order valence-electron chi connectivity index (χ0n) is 10.9. The summed E-state index contributed by atoms with van der Waals surface area (Å²) >= 11 is 0. The Labute approximate surface area is 107 Å². The number of hydrazone groups is 1. The lowest BCUT2D eigenvalue weighted by molar-refractivity contribution is 0.152. The second-order valence-corrected chi connectivity index (χ2v) is 3.49. The zero-order valence-corrected chi connectivity index (χ0v) is 10.9. The van der Waals surface area contributed by atoms with Crippen LogP contribution in [0.2, 0.25) is 0 Å². The van der Waals surface area contributed by atoms with Gasteiger partial charge in [-0.2, -0.15) is 5.10 Å². The van der Waals surface area contributed by atoms with E-state index in [0.29, 0.717) is 18.9 Å². The topological polar surface area (TPSA) is 59.9 Å². The molecule has 0 unspecified atom stereocenters. The standard InChI is InChI=1S/C13H18N2O3/c1-4-17-12-8-6-11(7-9-12)10(3)14-15-13(16)18-5-2/h6-9H,4-5H2,1-3H3,(H,15,16)/b14-10-. The minimum absolute atomic E-state index is 0.323. The van der Waals surface area contributed by atoms with Crippen LogP contribution in [-0.2, 0) is 4.74 Å². The molecule has 1 N–H and O–H groups in total. The third-order valence-corrected chi connectivity index (χ3v) is 2.17. The summed E-state index contributed by atoms with van der Waals surface area (Å²) in [5.74, 6) is 0.812. The van der Waals surface area contributed by atoms with Gasteiger partial charge in [0.15, 0.2) is 0 Å². The molecule has 5 nitrogen and oxygen atoms in total. The quantitative estimate of drug-likeness (QED) is 0.645. The molecule has 0 saturated heterocycles. The molecule has 1 aromatic rings. The number of carbonyl (C=O) groups is 1. The number of nitrogens with zero attached hydrogens (tertiary/aromatic N) is 1. The Morgan fingerprint density at radius 1 is 1.22 bits per heavy atom. The lowest BCUT2D eigenvalue weighted by Gasteiger charge is -2.05. The summed E-state index contributed by atoms with van der Waals surface area (Å²) in [4.78, 5) is 11.1. The first-order valence-corrected chi connectivity index (χ1v) is 5.87. The predicted molar refractivity (Wildman–Crippen MR) is 70.0 cm³/mol. The number of ether oxygens (including phenoxy) is 2. The Morgan fingerprint density at radius 2 is 1.89 bits per heavy atom. The molecule has 0 saturated carbocycles. The Morgan fingerprint density at radius 3 is 2.44 bits per heavy atom. The van der Waals surface area contributed by atoms with Gasteiger partial charge in [-0.15, -0.1) is 0 Å². The molecule has 0 radical (unpaired) electrons. The van der Waals surface area contributed by atoms with Gasteiger partial charge >= 0.3 is 6.09 Å². The maximum atomic E-state index is 11.1. The van der Waals surface area contributed by atoms with E-state index in [1.807, 2.05) is 38.1 Å². The average Bonchev–Trinajstić information content (AvgIpc) is 2.37. The van der Waals surface area contributed by atoms with Crippen molar-refractivity contribution in [2.24, 2.45) is 5.10 Å². The van der Waals surface area contributed by atoms with Crippen molar-refractivity contribution in [1.82, 2.24) is 5.43 Å². The predicted octanol–water partition coefficient (Wildman–Crippen LogP) is 2.56. The van der Waals surface area contributed by atoms with Crippen LogP contribution in [0.15, 0.2) is 29.4 Å². The van der Waals surface area contributed by atoms with Crippen molar-refractivity contribution in [3.63, 3.8) is 0 Å². The Kier molecular flexibility index (Phi) is 5.70. The van der Waals surface area contributed by atoms with Crippen LogP contribution in [0.5, 0.6) is 5.75 Å². The Hall–Kier alpha value is -2.04. The van der Waals surface area contributed by atoms with Crippen molar-refractivity contribution in [2.45, 2.75) is 20.8 Å². The summed E-state index contributed by atoms with van der Waals surface area (Å²) in [5.41, 5.74) is 3.93. The smallest absolute Gasteiger partial charge is 0.427 e. The maximum absolute atomic E-state index is 11.1. The number of benzene rings is 1. The molecule has 1 amide bonds. The molecule has 0 aliphatic heterocycles. The molecule has 0 aromatic heterocycles. The summed E-state index contributed by atoms with van der Waals surface area (Å²) in [7, 11) is 0. The Bertz CT molecular complexity index is 413. The molecule has 0 aliphatic rings. The fourth-order valence-electron chi connectivity index (χ4n) is 1.32. The van der Waals surface area contributed by atoms with Gasteiger partial charge in [-0.05, 0) is 50.6 Å². The summed E-state index contributed by atoms with van der Waals surface area (Å²) in [6.07, 6.45) is -0.553. The summed E-state index contributed by atoms with van der Waals surface area (Å²) < 4.78 is 10.0. The summed E-state index contributed by atoms with van der Waals surface area (Å²) in [5, 5.41) is 3.94. The number of rotatable bonds is 5. The normalized spacial score (nSPS) is 10.9. The number of amides is 1. The highest BCUT2D eigenvalue weighted by Crippen LogP contribution is 2.12. The van der Waals surface area contributed by atoms with Gasteiger partial charge < -0.3 is 9.47 Å². The van der Waals surface area contributed by atoms with Crippen LogP contribution < -0.4 is 10.2 Å². The van der Waals surface area contributed by atoms with E-state index in [4.69, 9.17) is 9.47 Å². The number of nitrogens with one attached hydrogen (secondary N) is 1. The number of hydrogen-bond donors (Lipinski definition) is 1. The SMILES string of the molecule is CCOC(=O)N/N=C(/C)c1ccc(OCC)cc1. The van der Waals surface area contributed by atoms with Gasteiger partial charge in [-0.3, -0.25) is 0 Å². The van der Waals surface area contributed by atoms with Crippen LogP contribution in [0.4, 0.5) is 4.79 Å². The van der Waals surface area contributed by atoms with Crippen molar-refractivity contribution in [1.29, 1.82) is 0 Å². The lowest BCUT2D eigenvalue weighted by atomic mass is 10.1. The monoisotopic (exact) mass is 250 g/mol. The molecule has 0 atom stereocenters. The van der Waals surface area contributed by atoms with Gasteiger partial charge in [-0.25, -0.2) is 10.2 Å². The van der Waals surface area contributed by atoms with E-state index < -0.39 is 6.09 Å². The van der Waals surface area contributed by atoms with E-state index in [1.165, 1.54) is 0 Å². The molecule has 18 heavy (non-hydrogen) atoms. The molecule has 0 bridgehead atoms. The van der Waals surface area contributed by atoms with Crippen molar-refractivity contribution >= 4 is 11.8 Å². The fourth-order valence-corrected chi connectivity index (χ4v) is 1.32. The Balaban J connectivity index is 2.62. The van der Waals surface area contributed by atoms with Gasteiger partial charge in [-0.1, -0.05) is 0 Å². The molecule has 0 fully saturated rings. The van der Waals surface area contributed by atoms with Crippen LogP contribution in [-0.4, -0.2) is 25.0 Å². The summed E-state index contributed by atoms with van der Waals surface area (Å²) in [6, 6.07) is 7.50. The molecular weight excluding hydrogens is 232 g/mol. The first kappa shape index (κ1) is 14.0. The van der Waals surface area contributed by atoms with E-state index in [0.717, 1.165) is 11.3 Å². The zero-order chi connectivity index (χ0) is 13.4. The molecule has 0 heterocycles. The van der Waals surface area contributed by atoms with Crippen LogP contribution in [0.1, 0.15) is 26.3 Å². The molecular formula is C13H18N2O3. The number of hydrogen-bond acceptors (Lipinski definition) is 4. The highest BCUT2D eigenvalue weighted by molar-refractivity contribution is 5.99. The van der Waals surface area contributed by atoms with Gasteiger partial charge in [0.05, 0.1) is 18.9 Å². The van der Waals surface area contributed by atoms with Gasteiger partial charge in [0.1, 0.15) is 5.75 Å². The van der Waals surface area contributed by atoms with Crippen molar-refractivity contribution in [3.8, 4) is 5.75 Å². The second-order valence-electron chi connectivity index (χ2n) is 3.49. The second kappa shape index (κ2) is 7.32. The van der Waals surface area contributed by atoms with E-state index in [1.54, 1.807) is 6.92 Å². The lowest BCUT2D eigenvalue weighted by Crippen LogP contribution is -2.20. The van der Waals surface area contributed by atoms with Crippen molar-refractivity contribution < 1.29 is 14.3 Å². The largest absolute Gasteiger partial charge is 0.494 e. The number of carbonyl (C=O) groups excluding carboxylic acids is 1. The molecule has 0 spiro atoms. The van der Waals surface area contributed by atoms with E-state index in [-0.39, 0.29) is 0 Å². The fraction of sp³-hybridized carbons (Fsp3) is 0.385. The third-order valence-electron chi connectivity index (χ3n) is 2.17. The van der Waals surface area contributed by atoms with E-state index >= 15 is 0 Å². The van der Waals surface area contributed by atoms with Crippen LogP contribution in [0.25, 0.3) is 0 Å². The molecule has 0 aliphatic carbocycles. The van der Waals surface area contributed by atoms with Crippen LogP contribution >= 0.6 is 0 Å². The van der Waals surface area contributed by atoms with Gasteiger partial charge in [0.2, 0.25) is 0 Å². The minimum Gasteiger partial charge on any atom is -0.494 e. The van der Waals surface area contributed by atoms with E-state index in [2.05, 4.69) is 10.5 Å². The van der Waals surface area contributed by atoms with E-state index in [9.17, 15) is 4.79 Å². The molecule has 5 heteroatoms.